The molecule has 0 saturated carbocycles. The Labute approximate surface area is 166 Å². The van der Waals surface area contributed by atoms with Crippen molar-refractivity contribution in [2.45, 2.75) is 6.92 Å². The summed E-state index contributed by atoms with van der Waals surface area (Å²) in [6.45, 7) is 1.90. The van der Waals surface area contributed by atoms with E-state index in [0.29, 0.717) is 5.69 Å². The van der Waals surface area contributed by atoms with Crippen LogP contribution in [0.3, 0.4) is 0 Å². The van der Waals surface area contributed by atoms with Gasteiger partial charge in [0.15, 0.2) is 0 Å². The lowest BCUT2D eigenvalue weighted by atomic mass is 10.1. The lowest BCUT2D eigenvalue weighted by Gasteiger charge is -2.11. The average Bonchev–Trinajstić information content (AvgIpc) is 2.62. The summed E-state index contributed by atoms with van der Waals surface area (Å²) in [5.74, 6) is -0.686. The molecule has 0 spiro atoms. The van der Waals surface area contributed by atoms with Gasteiger partial charge in [-0.25, -0.2) is 4.79 Å². The molecule has 0 saturated heterocycles. The summed E-state index contributed by atoms with van der Waals surface area (Å²) in [6.07, 6.45) is 1.53. The second-order valence-corrected chi connectivity index (χ2v) is 6.57. The van der Waals surface area contributed by atoms with Crippen molar-refractivity contribution in [2.24, 2.45) is 0 Å². The normalized spacial score (nSPS) is 10.3. The predicted molar refractivity (Wildman–Crippen MR) is 107 cm³/mol. The van der Waals surface area contributed by atoms with E-state index < -0.39 is 11.9 Å². The number of aromatic nitrogens is 1. The Morgan fingerprint density at radius 3 is 2.26 bits per heavy atom. The molecule has 3 rings (SSSR count). The Kier molecular flexibility index (Phi) is 5.74. The second-order valence-electron chi connectivity index (χ2n) is 5.76. The molecule has 7 heteroatoms. The standard InChI is InChI=1S/C20H15Cl2N3O2/c1-12-10-14(11-23-18(12)13-6-3-2-4-7-13)24-20(27)25-19(26)17-15(21)8-5-9-16(17)22/h2-11H,1H3,(H2,24,25,26,27). The van der Waals surface area contributed by atoms with Crippen LogP contribution in [0.5, 0.6) is 0 Å². The fourth-order valence-electron chi connectivity index (χ4n) is 2.58. The van der Waals surface area contributed by atoms with Gasteiger partial charge in [-0.1, -0.05) is 59.6 Å². The van der Waals surface area contributed by atoms with E-state index in [1.807, 2.05) is 37.3 Å². The molecular formula is C20H15Cl2N3O2. The maximum Gasteiger partial charge on any atom is 0.326 e. The van der Waals surface area contributed by atoms with E-state index in [9.17, 15) is 9.59 Å². The van der Waals surface area contributed by atoms with Crippen molar-refractivity contribution < 1.29 is 9.59 Å². The number of carbonyl (C=O) groups excluding carboxylic acids is 2. The van der Waals surface area contributed by atoms with Gasteiger partial charge in [-0.3, -0.25) is 15.1 Å². The van der Waals surface area contributed by atoms with Crippen molar-refractivity contribution in [1.29, 1.82) is 0 Å². The number of nitrogens with one attached hydrogen (secondary N) is 2. The third-order valence-electron chi connectivity index (χ3n) is 3.80. The van der Waals surface area contributed by atoms with Gasteiger partial charge in [0.1, 0.15) is 0 Å². The molecular weight excluding hydrogens is 385 g/mol. The van der Waals surface area contributed by atoms with Crippen molar-refractivity contribution in [1.82, 2.24) is 10.3 Å². The minimum absolute atomic E-state index is 0.0460. The Hall–Kier alpha value is -2.89. The number of imide groups is 1. The molecule has 0 unspecified atom stereocenters. The Balaban J connectivity index is 1.71. The van der Waals surface area contributed by atoms with Crippen molar-refractivity contribution in [2.75, 3.05) is 5.32 Å². The van der Waals surface area contributed by atoms with Crippen LogP contribution in [0.1, 0.15) is 15.9 Å². The molecule has 0 aliphatic heterocycles. The summed E-state index contributed by atoms with van der Waals surface area (Å²) in [7, 11) is 0. The highest BCUT2D eigenvalue weighted by molar-refractivity contribution is 6.40. The van der Waals surface area contributed by atoms with E-state index in [0.717, 1.165) is 16.8 Å². The zero-order valence-electron chi connectivity index (χ0n) is 14.3. The lowest BCUT2D eigenvalue weighted by Crippen LogP contribution is -2.34. The number of anilines is 1. The van der Waals surface area contributed by atoms with Crippen LogP contribution in [0, 0.1) is 6.92 Å². The van der Waals surface area contributed by atoms with Crippen LogP contribution in [0.25, 0.3) is 11.3 Å². The van der Waals surface area contributed by atoms with Crippen LogP contribution in [0.2, 0.25) is 10.0 Å². The monoisotopic (exact) mass is 399 g/mol. The minimum Gasteiger partial charge on any atom is -0.306 e. The first-order valence-electron chi connectivity index (χ1n) is 8.04. The molecule has 0 fully saturated rings. The smallest absolute Gasteiger partial charge is 0.306 e. The first kappa shape index (κ1) is 18.9. The van der Waals surface area contributed by atoms with Crippen molar-refractivity contribution in [3.63, 3.8) is 0 Å². The number of hydrogen-bond acceptors (Lipinski definition) is 3. The van der Waals surface area contributed by atoms with Crippen LogP contribution in [-0.2, 0) is 0 Å². The second kappa shape index (κ2) is 8.20. The van der Waals surface area contributed by atoms with Crippen LogP contribution >= 0.6 is 23.2 Å². The number of halogens is 2. The van der Waals surface area contributed by atoms with Gasteiger partial charge in [0.25, 0.3) is 5.91 Å². The highest BCUT2D eigenvalue weighted by atomic mass is 35.5. The van der Waals surface area contributed by atoms with Crippen molar-refractivity contribution >= 4 is 40.8 Å². The maximum absolute atomic E-state index is 12.2. The molecule has 2 N–H and O–H groups in total. The highest BCUT2D eigenvalue weighted by Crippen LogP contribution is 2.25. The van der Waals surface area contributed by atoms with Gasteiger partial charge in [-0.2, -0.15) is 0 Å². The van der Waals surface area contributed by atoms with Crippen LogP contribution < -0.4 is 10.6 Å². The topological polar surface area (TPSA) is 71.1 Å². The lowest BCUT2D eigenvalue weighted by molar-refractivity contribution is 0.0967. The number of benzene rings is 2. The van der Waals surface area contributed by atoms with Gasteiger partial charge in [-0.15, -0.1) is 0 Å². The molecule has 0 aliphatic rings. The number of hydrogen-bond donors (Lipinski definition) is 2. The summed E-state index contributed by atoms with van der Waals surface area (Å²) in [4.78, 5) is 28.8. The molecule has 3 aromatic rings. The van der Waals surface area contributed by atoms with Crippen molar-refractivity contribution in [3.8, 4) is 11.3 Å². The van der Waals surface area contributed by atoms with Gasteiger partial charge in [-0.05, 0) is 30.7 Å². The first-order valence-corrected chi connectivity index (χ1v) is 8.79. The summed E-state index contributed by atoms with van der Waals surface area (Å²) < 4.78 is 0. The number of amides is 3. The highest BCUT2D eigenvalue weighted by Gasteiger charge is 2.17. The Bertz CT molecular complexity index is 987. The van der Waals surface area contributed by atoms with E-state index in [2.05, 4.69) is 15.6 Å². The number of aryl methyl sites for hydroxylation is 1. The van der Waals surface area contributed by atoms with E-state index in [1.165, 1.54) is 18.3 Å². The van der Waals surface area contributed by atoms with Crippen LogP contribution in [0.4, 0.5) is 10.5 Å². The Morgan fingerprint density at radius 2 is 1.63 bits per heavy atom. The zero-order valence-corrected chi connectivity index (χ0v) is 15.8. The molecule has 1 heterocycles. The Morgan fingerprint density at radius 1 is 0.963 bits per heavy atom. The summed E-state index contributed by atoms with van der Waals surface area (Å²) in [6, 6.07) is 15.5. The van der Waals surface area contributed by atoms with Gasteiger partial charge in [0.05, 0.1) is 33.2 Å². The minimum atomic E-state index is -0.704. The van der Waals surface area contributed by atoms with Gasteiger partial charge in [0, 0.05) is 5.56 Å². The summed E-state index contributed by atoms with van der Waals surface area (Å²) in [5, 5.41) is 5.12. The molecule has 0 atom stereocenters. The quantitative estimate of drug-likeness (QED) is 0.625. The summed E-state index contributed by atoms with van der Waals surface area (Å²) in [5.41, 5.74) is 3.20. The van der Waals surface area contributed by atoms with E-state index >= 15 is 0 Å². The largest absolute Gasteiger partial charge is 0.326 e. The molecule has 1 aromatic heterocycles. The molecule has 0 radical (unpaired) electrons. The average molecular weight is 400 g/mol. The van der Waals surface area contributed by atoms with E-state index in [1.54, 1.807) is 12.1 Å². The number of rotatable bonds is 3. The molecule has 3 amide bonds. The predicted octanol–water partition coefficient (Wildman–Crippen LogP) is 5.33. The van der Waals surface area contributed by atoms with Crippen LogP contribution in [0.15, 0.2) is 60.8 Å². The molecule has 5 nitrogen and oxygen atoms in total. The molecule has 0 bridgehead atoms. The zero-order chi connectivity index (χ0) is 19.4. The SMILES string of the molecule is Cc1cc(NC(=O)NC(=O)c2c(Cl)cccc2Cl)cnc1-c1ccccc1. The first-order chi connectivity index (χ1) is 13.0. The van der Waals surface area contributed by atoms with E-state index in [-0.39, 0.29) is 15.6 Å². The molecule has 136 valence electrons. The molecule has 27 heavy (non-hydrogen) atoms. The number of pyridine rings is 1. The van der Waals surface area contributed by atoms with E-state index in [4.69, 9.17) is 23.2 Å². The number of urea groups is 1. The maximum atomic E-state index is 12.2. The van der Waals surface area contributed by atoms with Crippen LogP contribution in [-0.4, -0.2) is 16.9 Å². The number of nitrogens with zero attached hydrogens (tertiary/aromatic N) is 1. The molecule has 2 aromatic carbocycles. The summed E-state index contributed by atoms with van der Waals surface area (Å²) >= 11 is 12.0. The fourth-order valence-corrected chi connectivity index (χ4v) is 3.15. The third-order valence-corrected chi connectivity index (χ3v) is 4.43. The third kappa shape index (κ3) is 4.45. The van der Waals surface area contributed by atoms with Crippen molar-refractivity contribution in [3.05, 3.63) is 82.0 Å². The fraction of sp³-hybridized carbons (Fsp3) is 0.0500. The number of carbonyl (C=O) groups is 2. The van der Waals surface area contributed by atoms with Gasteiger partial charge >= 0.3 is 6.03 Å². The van der Waals surface area contributed by atoms with Gasteiger partial charge < -0.3 is 5.32 Å². The molecule has 0 aliphatic carbocycles. The van der Waals surface area contributed by atoms with Gasteiger partial charge in [0.2, 0.25) is 0 Å².